The van der Waals surface area contributed by atoms with E-state index in [0.717, 1.165) is 17.9 Å². The smallest absolute Gasteiger partial charge is 0.412 e. The number of hydrogen-bond acceptors (Lipinski definition) is 5. The van der Waals surface area contributed by atoms with Crippen LogP contribution >= 0.6 is 0 Å². The van der Waals surface area contributed by atoms with E-state index in [2.05, 4.69) is 27.5 Å². The van der Waals surface area contributed by atoms with Gasteiger partial charge in [-0.05, 0) is 45.4 Å². The van der Waals surface area contributed by atoms with Gasteiger partial charge in [-0.25, -0.2) is 9.78 Å². The summed E-state index contributed by atoms with van der Waals surface area (Å²) in [6.07, 6.45) is 3.82. The number of carbonyl (C=O) groups excluding carboxylic acids is 1. The van der Waals surface area contributed by atoms with Crippen LogP contribution in [0.15, 0.2) is 30.6 Å². The second kappa shape index (κ2) is 7.25. The number of rotatable bonds is 5. The third kappa shape index (κ3) is 4.91. The molecule has 0 aliphatic rings. The molecule has 1 heterocycles. The Bertz CT molecular complexity index is 677. The van der Waals surface area contributed by atoms with Crippen LogP contribution in [-0.4, -0.2) is 21.7 Å². The van der Waals surface area contributed by atoms with Gasteiger partial charge in [0.15, 0.2) is 0 Å². The molecule has 24 heavy (non-hydrogen) atoms. The number of hydrogen-bond donors (Lipinski definition) is 4. The van der Waals surface area contributed by atoms with Gasteiger partial charge in [0.25, 0.3) is 0 Å². The Balaban J connectivity index is 2.12. The van der Waals surface area contributed by atoms with Crippen LogP contribution in [-0.2, 0) is 4.74 Å². The van der Waals surface area contributed by atoms with Gasteiger partial charge in [-0.1, -0.05) is 6.92 Å². The average molecular weight is 331 g/mol. The number of amides is 1. The molecule has 0 aliphatic heterocycles. The first-order valence-corrected chi connectivity index (χ1v) is 7.94. The maximum atomic E-state index is 11.9. The molecular formula is C17H25N5O2. The van der Waals surface area contributed by atoms with Gasteiger partial charge in [-0.3, -0.25) is 5.32 Å². The van der Waals surface area contributed by atoms with Crippen molar-refractivity contribution in [3.8, 4) is 0 Å². The molecule has 5 N–H and O–H groups in total. The molecule has 1 aromatic heterocycles. The van der Waals surface area contributed by atoms with Gasteiger partial charge in [0.2, 0.25) is 0 Å². The Morgan fingerprint density at radius 2 is 2.17 bits per heavy atom. The van der Waals surface area contributed by atoms with Gasteiger partial charge in [0.1, 0.15) is 11.4 Å². The number of imidazole rings is 1. The summed E-state index contributed by atoms with van der Waals surface area (Å²) >= 11 is 0. The molecule has 0 fully saturated rings. The highest BCUT2D eigenvalue weighted by atomic mass is 16.6. The number of aromatic nitrogens is 2. The van der Waals surface area contributed by atoms with E-state index in [1.807, 2.05) is 20.8 Å². The van der Waals surface area contributed by atoms with E-state index in [1.165, 1.54) is 0 Å². The Kier molecular flexibility index (Phi) is 5.33. The second-order valence-electron chi connectivity index (χ2n) is 6.51. The number of nitrogen functional groups attached to an aromatic ring is 1. The summed E-state index contributed by atoms with van der Waals surface area (Å²) in [4.78, 5) is 19.3. The minimum Gasteiger partial charge on any atom is -0.444 e. The predicted molar refractivity (Wildman–Crippen MR) is 96.0 cm³/mol. The number of benzene rings is 1. The molecule has 0 saturated carbocycles. The molecule has 2 rings (SSSR count). The molecule has 2 aromatic rings. The fourth-order valence-corrected chi connectivity index (χ4v) is 2.20. The molecule has 0 spiro atoms. The van der Waals surface area contributed by atoms with E-state index >= 15 is 0 Å². The minimum atomic E-state index is -0.550. The van der Waals surface area contributed by atoms with Crippen molar-refractivity contribution in [1.29, 1.82) is 0 Å². The van der Waals surface area contributed by atoms with Gasteiger partial charge in [-0.15, -0.1) is 0 Å². The number of H-pyrrole nitrogens is 1. The van der Waals surface area contributed by atoms with Crippen molar-refractivity contribution in [3.05, 3.63) is 36.4 Å². The Morgan fingerprint density at radius 3 is 2.75 bits per heavy atom. The summed E-state index contributed by atoms with van der Waals surface area (Å²) in [6, 6.07) is 5.26. The lowest BCUT2D eigenvalue weighted by Crippen LogP contribution is -2.27. The lowest BCUT2D eigenvalue weighted by Gasteiger charge is -2.21. The molecule has 7 heteroatoms. The third-order valence-electron chi connectivity index (χ3n) is 3.29. The van der Waals surface area contributed by atoms with Gasteiger partial charge in [0.05, 0.1) is 17.4 Å². The molecule has 0 radical (unpaired) electrons. The third-order valence-corrected chi connectivity index (χ3v) is 3.29. The molecule has 130 valence electrons. The average Bonchev–Trinajstić information content (AvgIpc) is 2.99. The van der Waals surface area contributed by atoms with Gasteiger partial charge in [0, 0.05) is 18.1 Å². The van der Waals surface area contributed by atoms with E-state index in [0.29, 0.717) is 11.4 Å². The summed E-state index contributed by atoms with van der Waals surface area (Å²) in [6.45, 7) is 7.51. The van der Waals surface area contributed by atoms with Crippen LogP contribution in [0.5, 0.6) is 0 Å². The zero-order valence-corrected chi connectivity index (χ0v) is 14.5. The van der Waals surface area contributed by atoms with Crippen LogP contribution in [0.2, 0.25) is 0 Å². The highest BCUT2D eigenvalue weighted by Crippen LogP contribution is 2.28. The van der Waals surface area contributed by atoms with Crippen LogP contribution in [0, 0.1) is 0 Å². The van der Waals surface area contributed by atoms with Crippen molar-refractivity contribution < 1.29 is 9.53 Å². The van der Waals surface area contributed by atoms with Crippen molar-refractivity contribution in [3.63, 3.8) is 0 Å². The summed E-state index contributed by atoms with van der Waals surface area (Å²) in [7, 11) is 0. The first kappa shape index (κ1) is 17.7. The van der Waals surface area contributed by atoms with Crippen LogP contribution in [0.4, 0.5) is 21.9 Å². The number of aromatic amines is 1. The number of ether oxygens (including phenoxy) is 1. The van der Waals surface area contributed by atoms with Crippen LogP contribution < -0.4 is 16.4 Å². The van der Waals surface area contributed by atoms with Crippen molar-refractivity contribution in [2.45, 2.75) is 45.8 Å². The van der Waals surface area contributed by atoms with E-state index < -0.39 is 11.7 Å². The molecule has 0 aliphatic carbocycles. The SMILES string of the molecule is CCC(Nc1cc(NC(=O)OC(C)(C)C)ccc1N)c1ncc[nH]1. The molecule has 1 unspecified atom stereocenters. The first-order chi connectivity index (χ1) is 11.3. The molecule has 7 nitrogen and oxygen atoms in total. The standard InChI is InChI=1S/C17H25N5O2/c1-5-13(15-19-8-9-20-15)22-14-10-11(6-7-12(14)18)21-16(23)24-17(2,3)4/h6-10,13,22H,5,18H2,1-4H3,(H,19,20)(H,21,23). The van der Waals surface area contributed by atoms with Crippen molar-refractivity contribution in [2.75, 3.05) is 16.4 Å². The van der Waals surface area contributed by atoms with Gasteiger partial charge in [-0.2, -0.15) is 0 Å². The van der Waals surface area contributed by atoms with Crippen molar-refractivity contribution in [2.24, 2.45) is 0 Å². The van der Waals surface area contributed by atoms with E-state index in [4.69, 9.17) is 10.5 Å². The quantitative estimate of drug-likeness (QED) is 0.622. The Morgan fingerprint density at radius 1 is 1.42 bits per heavy atom. The van der Waals surface area contributed by atoms with E-state index in [-0.39, 0.29) is 6.04 Å². The van der Waals surface area contributed by atoms with Crippen LogP contribution in [0.3, 0.4) is 0 Å². The molecule has 0 bridgehead atoms. The minimum absolute atomic E-state index is 0.000855. The molecule has 1 aromatic carbocycles. The van der Waals surface area contributed by atoms with E-state index in [1.54, 1.807) is 30.6 Å². The fourth-order valence-electron chi connectivity index (χ4n) is 2.20. The van der Waals surface area contributed by atoms with Crippen LogP contribution in [0.25, 0.3) is 0 Å². The normalized spacial score (nSPS) is 12.5. The molecule has 0 saturated heterocycles. The van der Waals surface area contributed by atoms with Gasteiger partial charge < -0.3 is 20.8 Å². The molecule has 1 atom stereocenters. The van der Waals surface area contributed by atoms with Crippen LogP contribution in [0.1, 0.15) is 46.0 Å². The zero-order valence-electron chi connectivity index (χ0n) is 14.5. The Labute approximate surface area is 142 Å². The number of nitrogens with one attached hydrogen (secondary N) is 3. The molecular weight excluding hydrogens is 306 g/mol. The van der Waals surface area contributed by atoms with Crippen molar-refractivity contribution in [1.82, 2.24) is 9.97 Å². The number of nitrogens with zero attached hydrogens (tertiary/aromatic N) is 1. The molecule has 1 amide bonds. The monoisotopic (exact) mass is 331 g/mol. The summed E-state index contributed by atoms with van der Waals surface area (Å²) < 4.78 is 5.26. The number of nitrogens with two attached hydrogens (primary N) is 1. The van der Waals surface area contributed by atoms with Crippen molar-refractivity contribution >= 4 is 23.2 Å². The fraction of sp³-hybridized carbons (Fsp3) is 0.412. The Hall–Kier alpha value is -2.70. The predicted octanol–water partition coefficient (Wildman–Crippen LogP) is 3.90. The maximum Gasteiger partial charge on any atom is 0.412 e. The topological polar surface area (TPSA) is 105 Å². The van der Waals surface area contributed by atoms with Gasteiger partial charge >= 0.3 is 6.09 Å². The highest BCUT2D eigenvalue weighted by molar-refractivity contribution is 5.87. The maximum absolute atomic E-state index is 11.9. The summed E-state index contributed by atoms with van der Waals surface area (Å²) in [5, 5.41) is 6.06. The number of carbonyl (C=O) groups is 1. The zero-order chi connectivity index (χ0) is 17.7. The van der Waals surface area contributed by atoms with E-state index in [9.17, 15) is 4.79 Å². The summed E-state index contributed by atoms with van der Waals surface area (Å²) in [5.74, 6) is 0.836. The lowest BCUT2D eigenvalue weighted by atomic mass is 10.1. The summed E-state index contributed by atoms with van der Waals surface area (Å²) in [5.41, 5.74) is 7.42. The first-order valence-electron chi connectivity index (χ1n) is 7.94. The largest absolute Gasteiger partial charge is 0.444 e. The lowest BCUT2D eigenvalue weighted by molar-refractivity contribution is 0.0636. The highest BCUT2D eigenvalue weighted by Gasteiger charge is 2.17. The second-order valence-corrected chi connectivity index (χ2v) is 6.51. The number of anilines is 3.